The number of hydrogen-bond donors (Lipinski definition) is 3. The summed E-state index contributed by atoms with van der Waals surface area (Å²) in [6, 6.07) is 3.94. The topological polar surface area (TPSA) is 69.9 Å². The number of methoxy groups -OCH3 is 1. The third-order valence-corrected chi connectivity index (χ3v) is 2.31. The van der Waals surface area contributed by atoms with Crippen LogP contribution in [0.3, 0.4) is 0 Å². The summed E-state index contributed by atoms with van der Waals surface area (Å²) < 4.78 is 18.0. The number of rotatable bonds is 5. The van der Waals surface area contributed by atoms with Crippen LogP contribution in [0.2, 0.25) is 0 Å². The average Bonchev–Trinajstić information content (AvgIpc) is 2.28. The monoisotopic (exact) mass is 230 g/mol. The summed E-state index contributed by atoms with van der Waals surface area (Å²) in [5.74, 6) is -0.525. The first-order chi connectivity index (χ1) is 7.60. The minimum Gasteiger partial charge on any atom is -0.494 e. The summed E-state index contributed by atoms with van der Waals surface area (Å²) in [6.45, 7) is -0.239. The number of ether oxygens (including phenoxy) is 1. The van der Waals surface area contributed by atoms with E-state index in [1.54, 1.807) is 0 Å². The van der Waals surface area contributed by atoms with Crippen LogP contribution in [-0.4, -0.2) is 35.1 Å². The zero-order valence-electron chi connectivity index (χ0n) is 8.93. The molecule has 1 aromatic rings. The van der Waals surface area contributed by atoms with E-state index in [1.807, 2.05) is 0 Å². The molecule has 2 atom stereocenters. The van der Waals surface area contributed by atoms with Crippen LogP contribution in [-0.2, 0) is 0 Å². The predicted octanol–water partition coefficient (Wildman–Crippen LogP) is 0.611. The number of halogens is 1. The zero-order valence-corrected chi connectivity index (χ0v) is 8.93. The second-order valence-electron chi connectivity index (χ2n) is 3.42. The normalized spacial score (nSPS) is 14.6. The van der Waals surface area contributed by atoms with Gasteiger partial charge >= 0.3 is 0 Å². The summed E-state index contributed by atoms with van der Waals surface area (Å²) in [6.07, 6.45) is -2.29. The van der Waals surface area contributed by atoms with Gasteiger partial charge in [0.05, 0.1) is 13.2 Å². The van der Waals surface area contributed by atoms with Crippen molar-refractivity contribution in [3.63, 3.8) is 0 Å². The molecular formula is C11H15FO4. The quantitative estimate of drug-likeness (QED) is 0.693. The molecule has 0 aliphatic rings. The predicted molar refractivity (Wildman–Crippen MR) is 55.6 cm³/mol. The molecule has 0 aromatic heterocycles. The van der Waals surface area contributed by atoms with Crippen LogP contribution >= 0.6 is 0 Å². The second-order valence-corrected chi connectivity index (χ2v) is 3.42. The van der Waals surface area contributed by atoms with Crippen molar-refractivity contribution in [3.8, 4) is 5.75 Å². The first-order valence-electron chi connectivity index (χ1n) is 4.90. The van der Waals surface area contributed by atoms with E-state index >= 15 is 0 Å². The molecule has 3 N–H and O–H groups in total. The van der Waals surface area contributed by atoms with Gasteiger partial charge in [0.1, 0.15) is 6.10 Å². The third kappa shape index (κ3) is 2.91. The van der Waals surface area contributed by atoms with Crippen molar-refractivity contribution in [1.82, 2.24) is 0 Å². The van der Waals surface area contributed by atoms with Gasteiger partial charge in [-0.15, -0.1) is 0 Å². The Morgan fingerprint density at radius 2 is 2.06 bits per heavy atom. The van der Waals surface area contributed by atoms with Crippen molar-refractivity contribution >= 4 is 0 Å². The molecule has 0 saturated carbocycles. The van der Waals surface area contributed by atoms with Gasteiger partial charge in [-0.25, -0.2) is 4.39 Å². The number of aliphatic hydroxyl groups is 3. The van der Waals surface area contributed by atoms with E-state index in [0.29, 0.717) is 0 Å². The van der Waals surface area contributed by atoms with Crippen LogP contribution in [0.1, 0.15) is 18.1 Å². The van der Waals surface area contributed by atoms with E-state index in [1.165, 1.54) is 19.2 Å². The molecule has 4 nitrogen and oxygen atoms in total. The van der Waals surface area contributed by atoms with E-state index < -0.39 is 18.0 Å². The molecule has 0 radical (unpaired) electrons. The minimum absolute atomic E-state index is 0.0365. The van der Waals surface area contributed by atoms with Gasteiger partial charge in [0.15, 0.2) is 11.6 Å². The molecule has 0 fully saturated rings. The van der Waals surface area contributed by atoms with Crippen LogP contribution < -0.4 is 4.74 Å². The Bertz CT molecular complexity index is 343. The minimum atomic E-state index is -1.22. The van der Waals surface area contributed by atoms with E-state index in [2.05, 4.69) is 0 Å². The average molecular weight is 230 g/mol. The fourth-order valence-electron chi connectivity index (χ4n) is 1.38. The number of hydrogen-bond acceptors (Lipinski definition) is 4. The maximum absolute atomic E-state index is 13.3. The fraction of sp³-hybridized carbons (Fsp3) is 0.455. The van der Waals surface area contributed by atoms with Gasteiger partial charge < -0.3 is 20.1 Å². The molecule has 0 aliphatic carbocycles. The molecule has 1 rings (SSSR count). The summed E-state index contributed by atoms with van der Waals surface area (Å²) in [4.78, 5) is 0. The highest BCUT2D eigenvalue weighted by molar-refractivity contribution is 5.30. The lowest BCUT2D eigenvalue weighted by atomic mass is 10.0. The first-order valence-corrected chi connectivity index (χ1v) is 4.90. The van der Waals surface area contributed by atoms with Crippen molar-refractivity contribution in [2.75, 3.05) is 13.7 Å². The van der Waals surface area contributed by atoms with Crippen LogP contribution in [0.25, 0.3) is 0 Å². The van der Waals surface area contributed by atoms with Crippen LogP contribution in [0.15, 0.2) is 18.2 Å². The van der Waals surface area contributed by atoms with E-state index in [-0.39, 0.29) is 24.3 Å². The van der Waals surface area contributed by atoms with Crippen molar-refractivity contribution in [1.29, 1.82) is 0 Å². The van der Waals surface area contributed by atoms with Crippen LogP contribution in [0.4, 0.5) is 4.39 Å². The Kier molecular flexibility index (Phi) is 4.67. The lowest BCUT2D eigenvalue weighted by Crippen LogP contribution is -2.19. The van der Waals surface area contributed by atoms with Gasteiger partial charge in [0.25, 0.3) is 0 Å². The summed E-state index contributed by atoms with van der Waals surface area (Å²) in [7, 11) is 1.34. The number of benzene rings is 1. The van der Waals surface area contributed by atoms with Gasteiger partial charge in [-0.05, 0) is 24.1 Å². The highest BCUT2D eigenvalue weighted by Crippen LogP contribution is 2.24. The van der Waals surface area contributed by atoms with E-state index in [9.17, 15) is 14.6 Å². The molecule has 90 valence electrons. The standard InChI is InChI=1S/C11H15FO4/c1-16-10-3-2-7(6-8(10)12)11(15)9(14)4-5-13/h2-3,6,9,11,13-15H,4-5H2,1H3. The Balaban J connectivity index is 2.84. The van der Waals surface area contributed by atoms with E-state index in [4.69, 9.17) is 9.84 Å². The SMILES string of the molecule is COc1ccc(C(O)C(O)CCO)cc1F. The van der Waals surface area contributed by atoms with Gasteiger partial charge in [-0.1, -0.05) is 6.07 Å². The highest BCUT2D eigenvalue weighted by atomic mass is 19.1. The molecule has 1 aromatic carbocycles. The summed E-state index contributed by atoms with van der Waals surface area (Å²) in [5.41, 5.74) is 0.249. The molecule has 2 unspecified atom stereocenters. The smallest absolute Gasteiger partial charge is 0.165 e. The number of aliphatic hydroxyl groups excluding tert-OH is 3. The Morgan fingerprint density at radius 3 is 2.56 bits per heavy atom. The largest absolute Gasteiger partial charge is 0.494 e. The molecule has 0 heterocycles. The molecule has 5 heteroatoms. The van der Waals surface area contributed by atoms with Crippen molar-refractivity contribution in [3.05, 3.63) is 29.6 Å². The lowest BCUT2D eigenvalue weighted by molar-refractivity contribution is 0.00404. The molecule has 0 amide bonds. The van der Waals surface area contributed by atoms with Gasteiger partial charge in [-0.2, -0.15) is 0 Å². The molecule has 0 spiro atoms. The van der Waals surface area contributed by atoms with E-state index in [0.717, 1.165) is 6.07 Å². The maximum Gasteiger partial charge on any atom is 0.165 e. The van der Waals surface area contributed by atoms with Crippen molar-refractivity contribution in [2.24, 2.45) is 0 Å². The van der Waals surface area contributed by atoms with Crippen molar-refractivity contribution < 1.29 is 24.4 Å². The molecular weight excluding hydrogens is 215 g/mol. The second kappa shape index (κ2) is 5.79. The first kappa shape index (κ1) is 12.9. The van der Waals surface area contributed by atoms with Gasteiger partial charge in [0, 0.05) is 6.61 Å². The lowest BCUT2D eigenvalue weighted by Gasteiger charge is -2.17. The third-order valence-electron chi connectivity index (χ3n) is 2.31. The Hall–Kier alpha value is -1.17. The molecule has 16 heavy (non-hydrogen) atoms. The maximum atomic E-state index is 13.3. The summed E-state index contributed by atoms with van der Waals surface area (Å²) in [5, 5.41) is 27.7. The molecule has 0 bridgehead atoms. The Labute approximate surface area is 92.9 Å². The van der Waals surface area contributed by atoms with Crippen LogP contribution in [0, 0.1) is 5.82 Å². The molecule has 0 aliphatic heterocycles. The van der Waals surface area contributed by atoms with Gasteiger partial charge in [-0.3, -0.25) is 0 Å². The fourth-order valence-corrected chi connectivity index (χ4v) is 1.38. The zero-order chi connectivity index (χ0) is 12.1. The van der Waals surface area contributed by atoms with Gasteiger partial charge in [0.2, 0.25) is 0 Å². The van der Waals surface area contributed by atoms with Crippen LogP contribution in [0.5, 0.6) is 5.75 Å². The highest BCUT2D eigenvalue weighted by Gasteiger charge is 2.19. The Morgan fingerprint density at radius 1 is 1.38 bits per heavy atom. The molecule has 0 saturated heterocycles. The summed E-state index contributed by atoms with van der Waals surface area (Å²) >= 11 is 0. The van der Waals surface area contributed by atoms with Crippen molar-refractivity contribution in [2.45, 2.75) is 18.6 Å².